The minimum Gasteiger partial charge on any atom is -0.338 e. The molecule has 1 amide bonds. The van der Waals surface area contributed by atoms with E-state index in [9.17, 15) is 4.79 Å². The zero-order valence-corrected chi connectivity index (χ0v) is 21.7. The maximum Gasteiger partial charge on any atom is 0.223 e. The number of carbonyl (C=O) groups is 1. The van der Waals surface area contributed by atoms with Gasteiger partial charge in [0.1, 0.15) is 0 Å². The van der Waals surface area contributed by atoms with Crippen LogP contribution in [0.5, 0.6) is 0 Å². The molecule has 2 aromatic heterocycles. The lowest BCUT2D eigenvalue weighted by Crippen LogP contribution is -2.55. The monoisotopic (exact) mass is 490 g/mol. The number of rotatable bonds is 3. The van der Waals surface area contributed by atoms with Crippen molar-refractivity contribution in [3.63, 3.8) is 0 Å². The van der Waals surface area contributed by atoms with Crippen LogP contribution in [0.1, 0.15) is 39.7 Å². The first-order chi connectivity index (χ1) is 16.6. The highest BCUT2D eigenvalue weighted by molar-refractivity contribution is 6.31. The number of amides is 1. The minimum absolute atomic E-state index is 0.0375. The topological polar surface area (TPSA) is 66.6 Å². The number of hydrogen-bond acceptors (Lipinski definition) is 5. The number of nitrogens with zero attached hydrogens (tertiary/aromatic N) is 6. The maximum atomic E-state index is 13.0. The first kappa shape index (κ1) is 23.5. The van der Waals surface area contributed by atoms with E-state index < -0.39 is 0 Å². The van der Waals surface area contributed by atoms with E-state index in [4.69, 9.17) is 16.6 Å². The fourth-order valence-corrected chi connectivity index (χ4v) is 5.03. The van der Waals surface area contributed by atoms with Gasteiger partial charge < -0.3 is 9.80 Å². The predicted octanol–water partition coefficient (Wildman–Crippen LogP) is 5.38. The molecule has 1 aliphatic rings. The van der Waals surface area contributed by atoms with Crippen LogP contribution < -0.4 is 4.90 Å². The molecule has 8 heteroatoms. The molecule has 35 heavy (non-hydrogen) atoms. The molecule has 0 N–H and O–H groups in total. The molecule has 182 valence electrons. The second-order valence-electron chi connectivity index (χ2n) is 10.7. The minimum atomic E-state index is -0.0375. The standard InChI is InChI=1S/C27H31ClN6O/c1-17-8-6-7-9-20(17)24-30-31-25-21-11-10-19(28)14-22(21)29-26(34(24)25)32-12-13-33(18(2)16-32)23(35)15-27(3,4)5/h6-11,14,18H,12-13,15-16H2,1-5H3. The predicted molar refractivity (Wildman–Crippen MR) is 141 cm³/mol. The fourth-order valence-electron chi connectivity index (χ4n) is 4.87. The Morgan fingerprint density at radius 2 is 1.89 bits per heavy atom. The van der Waals surface area contributed by atoms with Gasteiger partial charge >= 0.3 is 0 Å². The van der Waals surface area contributed by atoms with Crippen molar-refractivity contribution >= 4 is 40.0 Å². The van der Waals surface area contributed by atoms with E-state index in [0.29, 0.717) is 31.1 Å². The Morgan fingerprint density at radius 1 is 1.11 bits per heavy atom. The maximum absolute atomic E-state index is 13.0. The van der Waals surface area contributed by atoms with Gasteiger partial charge in [0.2, 0.25) is 11.9 Å². The Hall–Kier alpha value is -3.19. The summed E-state index contributed by atoms with van der Waals surface area (Å²) in [6, 6.07) is 13.9. The molecule has 0 spiro atoms. The SMILES string of the molecule is Cc1ccccc1-c1nnc2c3ccc(Cl)cc3nc(N3CCN(C(=O)CC(C)(C)C)C(C)C3)n12. The van der Waals surface area contributed by atoms with Gasteiger partial charge in [-0.15, -0.1) is 10.2 Å². The molecule has 2 aromatic carbocycles. The average molecular weight is 491 g/mol. The van der Waals surface area contributed by atoms with Gasteiger partial charge in [0.15, 0.2) is 11.5 Å². The van der Waals surface area contributed by atoms with Crippen molar-refractivity contribution in [2.24, 2.45) is 5.41 Å². The van der Waals surface area contributed by atoms with Crippen LogP contribution in [0.15, 0.2) is 42.5 Å². The van der Waals surface area contributed by atoms with Crippen LogP contribution in [0.25, 0.3) is 27.9 Å². The summed E-state index contributed by atoms with van der Waals surface area (Å²) in [4.78, 5) is 22.3. The van der Waals surface area contributed by atoms with Crippen LogP contribution in [-0.4, -0.2) is 56.1 Å². The summed E-state index contributed by atoms with van der Waals surface area (Å²) in [6.07, 6.45) is 0.539. The van der Waals surface area contributed by atoms with Crippen molar-refractivity contribution in [2.45, 2.75) is 47.1 Å². The largest absolute Gasteiger partial charge is 0.338 e. The molecule has 0 saturated carbocycles. The molecule has 4 aromatic rings. The Morgan fingerprint density at radius 3 is 2.60 bits per heavy atom. The Balaban J connectivity index is 1.61. The first-order valence-corrected chi connectivity index (χ1v) is 12.4. The molecule has 5 rings (SSSR count). The summed E-state index contributed by atoms with van der Waals surface area (Å²) >= 11 is 6.32. The van der Waals surface area contributed by atoms with E-state index in [0.717, 1.165) is 39.4 Å². The van der Waals surface area contributed by atoms with E-state index in [1.54, 1.807) is 0 Å². The first-order valence-electron chi connectivity index (χ1n) is 12.1. The van der Waals surface area contributed by atoms with E-state index in [-0.39, 0.29) is 17.4 Å². The molecule has 1 atom stereocenters. The van der Waals surface area contributed by atoms with Gasteiger partial charge in [-0.05, 0) is 43.0 Å². The van der Waals surface area contributed by atoms with Crippen molar-refractivity contribution in [3.8, 4) is 11.4 Å². The quantitative estimate of drug-likeness (QED) is 0.385. The van der Waals surface area contributed by atoms with Gasteiger partial charge in [0.25, 0.3) is 0 Å². The number of aromatic nitrogens is 4. The van der Waals surface area contributed by atoms with Gasteiger partial charge in [0, 0.05) is 48.1 Å². The highest BCUT2D eigenvalue weighted by atomic mass is 35.5. The molecular weight excluding hydrogens is 460 g/mol. The van der Waals surface area contributed by atoms with E-state index in [2.05, 4.69) is 66.2 Å². The smallest absolute Gasteiger partial charge is 0.223 e. The van der Waals surface area contributed by atoms with E-state index in [1.807, 2.05) is 35.2 Å². The van der Waals surface area contributed by atoms with Crippen LogP contribution in [0.4, 0.5) is 5.95 Å². The lowest BCUT2D eigenvalue weighted by atomic mass is 9.91. The van der Waals surface area contributed by atoms with Gasteiger partial charge in [-0.3, -0.25) is 4.79 Å². The summed E-state index contributed by atoms with van der Waals surface area (Å²) in [7, 11) is 0. The number of aryl methyl sites for hydroxylation is 1. The van der Waals surface area contributed by atoms with Crippen molar-refractivity contribution in [1.29, 1.82) is 0 Å². The van der Waals surface area contributed by atoms with Crippen molar-refractivity contribution in [3.05, 3.63) is 53.1 Å². The Kier molecular flexibility index (Phi) is 5.91. The highest BCUT2D eigenvalue weighted by Crippen LogP contribution is 2.32. The van der Waals surface area contributed by atoms with Crippen LogP contribution in [0.3, 0.4) is 0 Å². The van der Waals surface area contributed by atoms with Crippen molar-refractivity contribution in [1.82, 2.24) is 24.5 Å². The third-order valence-corrected chi connectivity index (χ3v) is 6.82. The molecule has 7 nitrogen and oxygen atoms in total. The second kappa shape index (κ2) is 8.79. The summed E-state index contributed by atoms with van der Waals surface area (Å²) in [6.45, 7) is 12.5. The summed E-state index contributed by atoms with van der Waals surface area (Å²) in [5, 5.41) is 10.7. The third kappa shape index (κ3) is 4.45. The average Bonchev–Trinajstić information content (AvgIpc) is 3.22. The molecule has 1 aliphatic heterocycles. The van der Waals surface area contributed by atoms with Crippen LogP contribution in [-0.2, 0) is 4.79 Å². The third-order valence-electron chi connectivity index (χ3n) is 6.58. The number of hydrogen-bond donors (Lipinski definition) is 0. The van der Waals surface area contributed by atoms with Crippen molar-refractivity contribution < 1.29 is 4.79 Å². The normalized spacial score (nSPS) is 16.9. The Labute approximate surface area is 210 Å². The van der Waals surface area contributed by atoms with Gasteiger partial charge in [-0.2, -0.15) is 0 Å². The number of fused-ring (bicyclic) bond motifs is 3. The molecule has 0 bridgehead atoms. The van der Waals surface area contributed by atoms with Gasteiger partial charge in [0.05, 0.1) is 5.52 Å². The summed E-state index contributed by atoms with van der Waals surface area (Å²) < 4.78 is 2.05. The number of halogens is 1. The molecule has 1 unspecified atom stereocenters. The number of benzene rings is 2. The molecular formula is C27H31ClN6O. The molecule has 1 fully saturated rings. The number of piperazine rings is 1. The van der Waals surface area contributed by atoms with Gasteiger partial charge in [-0.25, -0.2) is 9.38 Å². The lowest BCUT2D eigenvalue weighted by molar-refractivity contribution is -0.135. The zero-order chi connectivity index (χ0) is 24.9. The summed E-state index contributed by atoms with van der Waals surface area (Å²) in [5.74, 6) is 1.74. The number of anilines is 1. The molecule has 1 saturated heterocycles. The highest BCUT2D eigenvalue weighted by Gasteiger charge is 2.32. The van der Waals surface area contributed by atoms with Crippen molar-refractivity contribution in [2.75, 3.05) is 24.5 Å². The molecule has 0 radical (unpaired) electrons. The van der Waals surface area contributed by atoms with Crippen LogP contribution in [0, 0.1) is 12.3 Å². The van der Waals surface area contributed by atoms with E-state index in [1.165, 1.54) is 0 Å². The molecule has 3 heterocycles. The van der Waals surface area contributed by atoms with E-state index >= 15 is 0 Å². The van der Waals surface area contributed by atoms with Gasteiger partial charge in [-0.1, -0.05) is 56.6 Å². The number of carbonyl (C=O) groups excluding carboxylic acids is 1. The van der Waals surface area contributed by atoms with Crippen LogP contribution in [0.2, 0.25) is 5.02 Å². The Bertz CT molecular complexity index is 1420. The zero-order valence-electron chi connectivity index (χ0n) is 20.9. The lowest BCUT2D eigenvalue weighted by Gasteiger charge is -2.41. The molecule has 0 aliphatic carbocycles. The second-order valence-corrected chi connectivity index (χ2v) is 11.1. The van der Waals surface area contributed by atoms with Crippen LogP contribution >= 0.6 is 11.6 Å². The fraction of sp³-hybridized carbons (Fsp3) is 0.407. The summed E-state index contributed by atoms with van der Waals surface area (Å²) in [5.41, 5.74) is 3.63.